The van der Waals surface area contributed by atoms with E-state index < -0.39 is 0 Å². The molecule has 2 aliphatic heterocycles. The minimum absolute atomic E-state index is 0.230. The Bertz CT molecular complexity index is 275. The van der Waals surface area contributed by atoms with Crippen LogP contribution >= 0.6 is 0 Å². The average Bonchev–Trinajstić information content (AvgIpc) is 2.28. The van der Waals surface area contributed by atoms with E-state index in [1.165, 1.54) is 38.9 Å². The van der Waals surface area contributed by atoms with Gasteiger partial charge in [-0.15, -0.1) is 0 Å². The van der Waals surface area contributed by atoms with E-state index in [4.69, 9.17) is 5.73 Å². The van der Waals surface area contributed by atoms with Crippen molar-refractivity contribution in [1.29, 1.82) is 0 Å². The van der Waals surface area contributed by atoms with Crippen LogP contribution in [0.15, 0.2) is 0 Å². The molecule has 18 heavy (non-hydrogen) atoms. The fraction of sp³-hybridized carbons (Fsp3) is 1.00. The number of hydrogen-bond donors (Lipinski definition) is 1. The third-order valence-electron chi connectivity index (χ3n) is 5.29. The second-order valence-electron chi connectivity index (χ2n) is 7.25. The first-order valence-electron chi connectivity index (χ1n) is 7.58. The second kappa shape index (κ2) is 5.48. The Balaban J connectivity index is 1.91. The Morgan fingerprint density at radius 1 is 1.28 bits per heavy atom. The zero-order chi connectivity index (χ0) is 13.3. The number of rotatable bonds is 3. The Morgan fingerprint density at radius 3 is 2.67 bits per heavy atom. The molecule has 2 fully saturated rings. The zero-order valence-electron chi connectivity index (χ0n) is 12.7. The first-order chi connectivity index (χ1) is 8.40. The normalized spacial score (nSPS) is 33.2. The molecule has 0 saturated carbocycles. The van der Waals surface area contributed by atoms with Crippen molar-refractivity contribution in [2.45, 2.75) is 52.1 Å². The van der Waals surface area contributed by atoms with Gasteiger partial charge >= 0.3 is 0 Å². The molecule has 0 aromatic rings. The minimum Gasteiger partial charge on any atom is -0.327 e. The lowest BCUT2D eigenvalue weighted by atomic mass is 9.81. The van der Waals surface area contributed by atoms with E-state index in [-0.39, 0.29) is 11.5 Å². The van der Waals surface area contributed by atoms with Crippen molar-refractivity contribution in [3.63, 3.8) is 0 Å². The van der Waals surface area contributed by atoms with Crippen LogP contribution in [0.3, 0.4) is 0 Å². The summed E-state index contributed by atoms with van der Waals surface area (Å²) in [7, 11) is 2.30. The molecule has 0 amide bonds. The van der Waals surface area contributed by atoms with Gasteiger partial charge in [-0.2, -0.15) is 0 Å². The zero-order valence-corrected chi connectivity index (χ0v) is 12.7. The third-order valence-corrected chi connectivity index (χ3v) is 5.29. The van der Waals surface area contributed by atoms with Gasteiger partial charge in [0, 0.05) is 25.2 Å². The first-order valence-corrected chi connectivity index (χ1v) is 7.58. The largest absolute Gasteiger partial charge is 0.327 e. The number of nitrogens with zero attached hydrogens (tertiary/aromatic N) is 2. The summed E-state index contributed by atoms with van der Waals surface area (Å²) in [6.07, 6.45) is 4.14. The van der Waals surface area contributed by atoms with Crippen LogP contribution in [0.2, 0.25) is 0 Å². The van der Waals surface area contributed by atoms with Crippen molar-refractivity contribution in [3.8, 4) is 0 Å². The molecular formula is C15H31N3. The maximum atomic E-state index is 6.11. The monoisotopic (exact) mass is 253 g/mol. The molecule has 0 aromatic heterocycles. The Hall–Kier alpha value is -0.120. The summed E-state index contributed by atoms with van der Waals surface area (Å²) in [5, 5.41) is 0. The molecule has 0 bridgehead atoms. The molecule has 0 aliphatic carbocycles. The third kappa shape index (κ3) is 3.06. The molecule has 2 N–H and O–H groups in total. The summed E-state index contributed by atoms with van der Waals surface area (Å²) in [6, 6.07) is 1.11. The summed E-state index contributed by atoms with van der Waals surface area (Å²) in [6.45, 7) is 11.7. The molecule has 2 heterocycles. The lowest BCUT2D eigenvalue weighted by Gasteiger charge is -2.48. The van der Waals surface area contributed by atoms with Gasteiger partial charge in [-0.05, 0) is 57.7 Å². The van der Waals surface area contributed by atoms with Crippen molar-refractivity contribution >= 4 is 0 Å². The summed E-state index contributed by atoms with van der Waals surface area (Å²) < 4.78 is 0. The van der Waals surface area contributed by atoms with Gasteiger partial charge in [0.2, 0.25) is 0 Å². The lowest BCUT2D eigenvalue weighted by Crippen LogP contribution is -2.55. The predicted molar refractivity (Wildman–Crippen MR) is 77.6 cm³/mol. The van der Waals surface area contributed by atoms with Gasteiger partial charge in [-0.25, -0.2) is 0 Å². The van der Waals surface area contributed by atoms with Gasteiger partial charge in [0.05, 0.1) is 0 Å². The molecule has 3 nitrogen and oxygen atoms in total. The maximum Gasteiger partial charge on any atom is 0.0145 e. The van der Waals surface area contributed by atoms with Gasteiger partial charge in [0.1, 0.15) is 0 Å². The van der Waals surface area contributed by atoms with E-state index in [0.29, 0.717) is 0 Å². The van der Waals surface area contributed by atoms with E-state index >= 15 is 0 Å². The number of piperidine rings is 2. The fourth-order valence-corrected chi connectivity index (χ4v) is 3.59. The molecular weight excluding hydrogens is 222 g/mol. The van der Waals surface area contributed by atoms with E-state index in [2.05, 4.69) is 37.6 Å². The predicted octanol–water partition coefficient (Wildman–Crippen LogP) is 1.78. The van der Waals surface area contributed by atoms with Crippen molar-refractivity contribution in [2.24, 2.45) is 17.1 Å². The minimum atomic E-state index is 0.230. The molecule has 0 spiro atoms. The van der Waals surface area contributed by atoms with E-state index in [0.717, 1.165) is 18.5 Å². The van der Waals surface area contributed by atoms with Gasteiger partial charge < -0.3 is 15.5 Å². The van der Waals surface area contributed by atoms with Crippen molar-refractivity contribution in [2.75, 3.05) is 33.2 Å². The highest BCUT2D eigenvalue weighted by molar-refractivity contribution is 4.91. The molecule has 0 radical (unpaired) electrons. The van der Waals surface area contributed by atoms with Crippen molar-refractivity contribution in [1.82, 2.24) is 9.80 Å². The molecule has 3 heteroatoms. The van der Waals surface area contributed by atoms with Crippen LogP contribution in [0.25, 0.3) is 0 Å². The van der Waals surface area contributed by atoms with Gasteiger partial charge in [0.15, 0.2) is 0 Å². The fourth-order valence-electron chi connectivity index (χ4n) is 3.59. The topological polar surface area (TPSA) is 32.5 Å². The summed E-state index contributed by atoms with van der Waals surface area (Å²) in [4.78, 5) is 5.24. The highest BCUT2D eigenvalue weighted by atomic mass is 15.2. The molecule has 106 valence electrons. The molecule has 2 saturated heterocycles. The van der Waals surface area contributed by atoms with E-state index in [1.54, 1.807) is 0 Å². The maximum absolute atomic E-state index is 6.11. The van der Waals surface area contributed by atoms with Crippen LogP contribution in [-0.4, -0.2) is 55.1 Å². The summed E-state index contributed by atoms with van der Waals surface area (Å²) in [5.74, 6) is 0.890. The molecule has 3 unspecified atom stereocenters. The van der Waals surface area contributed by atoms with Crippen molar-refractivity contribution in [3.05, 3.63) is 0 Å². The second-order valence-corrected chi connectivity index (χ2v) is 7.25. The van der Waals surface area contributed by atoms with Gasteiger partial charge in [0.25, 0.3) is 0 Å². The quantitative estimate of drug-likeness (QED) is 0.832. The first kappa shape index (κ1) is 14.3. The SMILES string of the molecule is CC(N)C(C)(C)CN1CCC2C(CCCN2C)C1. The summed E-state index contributed by atoms with van der Waals surface area (Å²) in [5.41, 5.74) is 6.34. The number of hydrogen-bond acceptors (Lipinski definition) is 3. The summed E-state index contributed by atoms with van der Waals surface area (Å²) >= 11 is 0. The highest BCUT2D eigenvalue weighted by Gasteiger charge is 2.36. The van der Waals surface area contributed by atoms with Gasteiger partial charge in [-0.1, -0.05) is 13.8 Å². The molecule has 3 atom stereocenters. The van der Waals surface area contributed by atoms with Crippen LogP contribution in [0.5, 0.6) is 0 Å². The number of fused-ring (bicyclic) bond motifs is 1. The molecule has 2 rings (SSSR count). The highest BCUT2D eigenvalue weighted by Crippen LogP contribution is 2.31. The van der Waals surface area contributed by atoms with Crippen molar-refractivity contribution < 1.29 is 0 Å². The average molecular weight is 253 g/mol. The van der Waals surface area contributed by atoms with Crippen LogP contribution in [0, 0.1) is 11.3 Å². The van der Waals surface area contributed by atoms with E-state index in [9.17, 15) is 0 Å². The van der Waals surface area contributed by atoms with Crippen LogP contribution < -0.4 is 5.73 Å². The van der Waals surface area contributed by atoms with Gasteiger partial charge in [-0.3, -0.25) is 0 Å². The molecule has 2 aliphatic rings. The standard InChI is InChI=1S/C15H31N3/c1-12(16)15(2,3)11-18-9-7-14-13(10-18)6-5-8-17(14)4/h12-14H,5-11,16H2,1-4H3. The Labute approximate surface area is 113 Å². The number of nitrogens with two attached hydrogens (primary N) is 1. The Kier molecular flexibility index (Phi) is 4.35. The smallest absolute Gasteiger partial charge is 0.0145 e. The van der Waals surface area contributed by atoms with Crippen LogP contribution in [0.4, 0.5) is 0 Å². The van der Waals surface area contributed by atoms with E-state index in [1.807, 2.05) is 0 Å². The number of likely N-dealkylation sites (tertiary alicyclic amines) is 2. The van der Waals surface area contributed by atoms with Crippen LogP contribution in [0.1, 0.15) is 40.0 Å². The van der Waals surface area contributed by atoms with Crippen LogP contribution in [-0.2, 0) is 0 Å². The Morgan fingerprint density at radius 2 is 2.00 bits per heavy atom. The lowest BCUT2D eigenvalue weighted by molar-refractivity contribution is 0.0212. The molecule has 0 aromatic carbocycles.